The summed E-state index contributed by atoms with van der Waals surface area (Å²) in [6.45, 7) is 3.79. The van der Waals surface area contributed by atoms with Crippen LogP contribution >= 0.6 is 0 Å². The molecule has 3 amide bonds. The number of carbonyl (C=O) groups is 4. The molecule has 0 spiro atoms. The van der Waals surface area contributed by atoms with Crippen LogP contribution in [0, 0.1) is 11.7 Å². The molecule has 198 valence electrons. The van der Waals surface area contributed by atoms with Crippen LogP contribution in [0.2, 0.25) is 0 Å². The Bertz CT molecular complexity index is 1340. The van der Waals surface area contributed by atoms with E-state index >= 15 is 0 Å². The summed E-state index contributed by atoms with van der Waals surface area (Å²) in [5.41, 5.74) is 1.17. The first-order valence-electron chi connectivity index (χ1n) is 12.5. The van der Waals surface area contributed by atoms with Crippen LogP contribution in [-0.2, 0) is 16.1 Å². The molecule has 0 bridgehead atoms. The molecule has 0 fully saturated rings. The number of carboxylic acids is 1. The molecular formula is C29H30FN3O5. The normalized spacial score (nSPS) is 14.6. The van der Waals surface area contributed by atoms with Crippen LogP contribution in [0.25, 0.3) is 10.8 Å². The number of fused-ring (bicyclic) bond motifs is 2. The number of nitrogens with zero attached hydrogens (tertiary/aromatic N) is 1. The SMILES string of the molecule is CC(C)C[C@@H](NC(CCN1C(=O)c2cc3ccccc3cc2C1=O)C(=O)O)C(=O)NCc1cccc(F)c1. The number of benzene rings is 3. The number of amides is 3. The van der Waals surface area contributed by atoms with Gasteiger partial charge in [0.2, 0.25) is 5.91 Å². The Morgan fingerprint density at radius 1 is 0.921 bits per heavy atom. The monoisotopic (exact) mass is 519 g/mol. The molecule has 0 aliphatic carbocycles. The van der Waals surface area contributed by atoms with E-state index in [0.29, 0.717) is 23.1 Å². The van der Waals surface area contributed by atoms with Crippen molar-refractivity contribution in [3.05, 3.63) is 83.2 Å². The Hall–Kier alpha value is -4.11. The third kappa shape index (κ3) is 6.06. The number of rotatable bonds is 11. The fourth-order valence-electron chi connectivity index (χ4n) is 4.64. The molecule has 1 heterocycles. The van der Waals surface area contributed by atoms with Gasteiger partial charge in [-0.1, -0.05) is 50.2 Å². The van der Waals surface area contributed by atoms with Crippen molar-refractivity contribution in [2.75, 3.05) is 6.54 Å². The van der Waals surface area contributed by atoms with Crippen LogP contribution in [0.15, 0.2) is 60.7 Å². The van der Waals surface area contributed by atoms with Crippen molar-refractivity contribution in [2.24, 2.45) is 5.92 Å². The minimum atomic E-state index is -1.20. The number of carboxylic acid groups (broad SMARTS) is 1. The standard InChI is InChI=1S/C29H30FN3O5/c1-17(2)12-25(26(34)31-16-18-6-5-9-21(30)13-18)32-24(29(37)38)10-11-33-27(35)22-14-19-7-3-4-8-20(19)15-23(22)28(33)36/h3-9,13-15,17,24-25,32H,10-12,16H2,1-2H3,(H,31,34)(H,37,38)/t24?,25-/m1/s1. The van der Waals surface area contributed by atoms with Gasteiger partial charge in [-0.2, -0.15) is 0 Å². The summed E-state index contributed by atoms with van der Waals surface area (Å²) < 4.78 is 13.5. The van der Waals surface area contributed by atoms with Crippen LogP contribution in [0.1, 0.15) is 53.0 Å². The maximum Gasteiger partial charge on any atom is 0.320 e. The number of hydrogen-bond donors (Lipinski definition) is 3. The first kappa shape index (κ1) is 26.9. The number of halogens is 1. The molecule has 3 N–H and O–H groups in total. The van der Waals surface area contributed by atoms with E-state index in [0.717, 1.165) is 15.7 Å². The van der Waals surface area contributed by atoms with E-state index in [1.165, 1.54) is 12.1 Å². The zero-order valence-corrected chi connectivity index (χ0v) is 21.2. The van der Waals surface area contributed by atoms with E-state index in [-0.39, 0.29) is 25.4 Å². The maximum absolute atomic E-state index is 13.5. The van der Waals surface area contributed by atoms with Crippen molar-refractivity contribution < 1.29 is 28.7 Å². The van der Waals surface area contributed by atoms with Gasteiger partial charge in [0.25, 0.3) is 11.8 Å². The lowest BCUT2D eigenvalue weighted by molar-refractivity contribution is -0.140. The zero-order valence-electron chi connectivity index (χ0n) is 21.2. The third-order valence-electron chi connectivity index (χ3n) is 6.56. The molecule has 0 saturated heterocycles. The second-order valence-electron chi connectivity index (χ2n) is 9.88. The third-order valence-corrected chi connectivity index (χ3v) is 6.56. The van der Waals surface area contributed by atoms with Gasteiger partial charge in [-0.3, -0.25) is 29.4 Å². The highest BCUT2D eigenvalue weighted by molar-refractivity contribution is 6.23. The van der Waals surface area contributed by atoms with Gasteiger partial charge in [-0.15, -0.1) is 0 Å². The predicted molar refractivity (Wildman–Crippen MR) is 140 cm³/mol. The molecule has 1 aliphatic heterocycles. The number of imide groups is 1. The van der Waals surface area contributed by atoms with E-state index in [1.54, 1.807) is 24.3 Å². The van der Waals surface area contributed by atoms with E-state index in [1.807, 2.05) is 38.1 Å². The van der Waals surface area contributed by atoms with Crippen molar-refractivity contribution in [3.8, 4) is 0 Å². The van der Waals surface area contributed by atoms with Crippen LogP contribution in [-0.4, -0.2) is 52.3 Å². The van der Waals surface area contributed by atoms with Gasteiger partial charge < -0.3 is 10.4 Å². The molecule has 1 aliphatic rings. The van der Waals surface area contributed by atoms with E-state index in [4.69, 9.17) is 0 Å². The van der Waals surface area contributed by atoms with Crippen LogP contribution in [0.4, 0.5) is 4.39 Å². The van der Waals surface area contributed by atoms with Gasteiger partial charge in [-0.25, -0.2) is 4.39 Å². The van der Waals surface area contributed by atoms with Gasteiger partial charge >= 0.3 is 5.97 Å². The van der Waals surface area contributed by atoms with E-state index in [9.17, 15) is 28.7 Å². The van der Waals surface area contributed by atoms with Crippen LogP contribution < -0.4 is 10.6 Å². The summed E-state index contributed by atoms with van der Waals surface area (Å²) in [6, 6.07) is 14.6. The van der Waals surface area contributed by atoms with Crippen molar-refractivity contribution in [3.63, 3.8) is 0 Å². The molecule has 4 rings (SSSR count). The van der Waals surface area contributed by atoms with Crippen LogP contribution in [0.3, 0.4) is 0 Å². The molecule has 9 heteroatoms. The minimum Gasteiger partial charge on any atom is -0.480 e. The lowest BCUT2D eigenvalue weighted by atomic mass is 10.0. The molecule has 38 heavy (non-hydrogen) atoms. The molecule has 3 aromatic carbocycles. The molecular weight excluding hydrogens is 489 g/mol. The fraction of sp³-hybridized carbons (Fsp3) is 0.310. The minimum absolute atomic E-state index is 0.0761. The average Bonchev–Trinajstić information content (AvgIpc) is 3.11. The average molecular weight is 520 g/mol. The Morgan fingerprint density at radius 3 is 2.11 bits per heavy atom. The summed E-state index contributed by atoms with van der Waals surface area (Å²) in [5.74, 6) is -2.88. The maximum atomic E-state index is 13.5. The summed E-state index contributed by atoms with van der Waals surface area (Å²) in [6.07, 6.45) is 0.282. The van der Waals surface area contributed by atoms with E-state index in [2.05, 4.69) is 10.6 Å². The van der Waals surface area contributed by atoms with Crippen molar-refractivity contribution in [1.82, 2.24) is 15.5 Å². The highest BCUT2D eigenvalue weighted by atomic mass is 19.1. The van der Waals surface area contributed by atoms with Gasteiger partial charge in [0.05, 0.1) is 17.2 Å². The Labute approximate surface area is 219 Å². The largest absolute Gasteiger partial charge is 0.480 e. The Morgan fingerprint density at radius 2 is 1.55 bits per heavy atom. The van der Waals surface area contributed by atoms with Crippen LogP contribution in [0.5, 0.6) is 0 Å². The van der Waals surface area contributed by atoms with Gasteiger partial charge in [0, 0.05) is 13.1 Å². The van der Waals surface area contributed by atoms with E-state index < -0.39 is 41.6 Å². The molecule has 0 aromatic heterocycles. The van der Waals surface area contributed by atoms with Crippen molar-refractivity contribution in [2.45, 2.75) is 45.3 Å². The quantitative estimate of drug-likeness (QED) is 0.333. The Kier molecular flexibility index (Phi) is 8.16. The molecule has 0 radical (unpaired) electrons. The Balaban J connectivity index is 1.43. The second-order valence-corrected chi connectivity index (χ2v) is 9.88. The zero-order chi connectivity index (χ0) is 27.4. The first-order valence-corrected chi connectivity index (χ1v) is 12.5. The number of nitrogens with one attached hydrogen (secondary N) is 2. The molecule has 0 saturated carbocycles. The lowest BCUT2D eigenvalue weighted by Crippen LogP contribution is -2.52. The van der Waals surface area contributed by atoms with Crippen molar-refractivity contribution >= 4 is 34.5 Å². The molecule has 3 aromatic rings. The summed E-state index contributed by atoms with van der Waals surface area (Å²) in [5, 5.41) is 17.2. The van der Waals surface area contributed by atoms with Gasteiger partial charge in [0.1, 0.15) is 11.9 Å². The predicted octanol–water partition coefficient (Wildman–Crippen LogP) is 3.74. The summed E-state index contributed by atoms with van der Waals surface area (Å²) >= 11 is 0. The number of carbonyl (C=O) groups excluding carboxylic acids is 3. The summed E-state index contributed by atoms with van der Waals surface area (Å²) in [7, 11) is 0. The highest BCUT2D eigenvalue weighted by Crippen LogP contribution is 2.28. The second kappa shape index (κ2) is 11.5. The smallest absolute Gasteiger partial charge is 0.320 e. The lowest BCUT2D eigenvalue weighted by Gasteiger charge is -2.25. The molecule has 2 atom stereocenters. The fourth-order valence-corrected chi connectivity index (χ4v) is 4.64. The molecule has 8 nitrogen and oxygen atoms in total. The topological polar surface area (TPSA) is 116 Å². The highest BCUT2D eigenvalue weighted by Gasteiger charge is 2.37. The van der Waals surface area contributed by atoms with Gasteiger partial charge in [-0.05, 0) is 59.4 Å². The summed E-state index contributed by atoms with van der Waals surface area (Å²) in [4.78, 5) is 52.1. The number of aliphatic carboxylic acids is 1. The number of hydrogen-bond acceptors (Lipinski definition) is 5. The molecule has 1 unspecified atom stereocenters. The van der Waals surface area contributed by atoms with Gasteiger partial charge in [0.15, 0.2) is 0 Å². The van der Waals surface area contributed by atoms with Crippen molar-refractivity contribution in [1.29, 1.82) is 0 Å². The first-order chi connectivity index (χ1) is 18.1.